The number of amides is 2. The van der Waals surface area contributed by atoms with Crippen molar-refractivity contribution in [3.63, 3.8) is 0 Å². The minimum absolute atomic E-state index is 0.0498. The molecule has 1 heterocycles. The summed E-state index contributed by atoms with van der Waals surface area (Å²) in [5.74, 6) is -1.09. The Morgan fingerprint density at radius 2 is 1.76 bits per heavy atom. The Hall–Kier alpha value is -2.28. The SMILES string of the molecule is CN(CCN1CCCCCC1)C(=O)N[C@@H](C(=O)O)c1ccc(O)cc1. The normalized spacial score (nSPS) is 16.7. The summed E-state index contributed by atoms with van der Waals surface area (Å²) in [6.45, 7) is 3.45. The van der Waals surface area contributed by atoms with Gasteiger partial charge in [0, 0.05) is 20.1 Å². The lowest BCUT2D eigenvalue weighted by molar-refractivity contribution is -0.139. The maximum Gasteiger partial charge on any atom is 0.330 e. The van der Waals surface area contributed by atoms with Gasteiger partial charge >= 0.3 is 12.0 Å². The molecule has 1 aromatic rings. The summed E-state index contributed by atoms with van der Waals surface area (Å²) in [4.78, 5) is 27.7. The first-order valence-corrected chi connectivity index (χ1v) is 8.73. The van der Waals surface area contributed by atoms with E-state index in [9.17, 15) is 19.8 Å². The molecule has 0 spiro atoms. The van der Waals surface area contributed by atoms with Gasteiger partial charge in [-0.25, -0.2) is 9.59 Å². The summed E-state index contributed by atoms with van der Waals surface area (Å²) < 4.78 is 0. The number of likely N-dealkylation sites (tertiary alicyclic amines) is 1. The smallest absolute Gasteiger partial charge is 0.330 e. The molecular formula is C18H27N3O4. The van der Waals surface area contributed by atoms with Crippen molar-refractivity contribution in [2.45, 2.75) is 31.7 Å². The van der Waals surface area contributed by atoms with Gasteiger partial charge in [-0.05, 0) is 43.6 Å². The average Bonchev–Trinajstić information content (AvgIpc) is 2.86. The molecule has 1 atom stereocenters. The van der Waals surface area contributed by atoms with Crippen LogP contribution in [0, 0.1) is 0 Å². The van der Waals surface area contributed by atoms with Crippen LogP contribution in [0.3, 0.4) is 0 Å². The predicted octanol–water partition coefficient (Wildman–Crippen LogP) is 2.04. The topological polar surface area (TPSA) is 93.1 Å². The fraction of sp³-hybridized carbons (Fsp3) is 0.556. The van der Waals surface area contributed by atoms with Gasteiger partial charge in [-0.2, -0.15) is 0 Å². The van der Waals surface area contributed by atoms with Gasteiger partial charge in [-0.1, -0.05) is 25.0 Å². The van der Waals surface area contributed by atoms with Crippen molar-refractivity contribution in [1.29, 1.82) is 0 Å². The summed E-state index contributed by atoms with van der Waals surface area (Å²) in [7, 11) is 1.67. The molecule has 0 aliphatic carbocycles. The number of carbonyl (C=O) groups excluding carboxylic acids is 1. The lowest BCUT2D eigenvalue weighted by Gasteiger charge is -2.25. The molecule has 1 fully saturated rings. The molecule has 7 nitrogen and oxygen atoms in total. The first-order valence-electron chi connectivity index (χ1n) is 8.73. The molecule has 3 N–H and O–H groups in total. The molecular weight excluding hydrogens is 322 g/mol. The maximum atomic E-state index is 12.3. The fourth-order valence-electron chi connectivity index (χ4n) is 2.94. The molecule has 2 amide bonds. The van der Waals surface area contributed by atoms with Crippen LogP contribution >= 0.6 is 0 Å². The van der Waals surface area contributed by atoms with Crippen molar-refractivity contribution in [2.24, 2.45) is 0 Å². The highest BCUT2D eigenvalue weighted by atomic mass is 16.4. The second kappa shape index (κ2) is 9.27. The molecule has 7 heteroatoms. The largest absolute Gasteiger partial charge is 0.508 e. The Bertz CT molecular complexity index is 568. The molecule has 2 rings (SSSR count). The Kier molecular flexibility index (Phi) is 7.06. The number of urea groups is 1. The third-order valence-corrected chi connectivity index (χ3v) is 4.54. The number of benzene rings is 1. The minimum atomic E-state index is -1.14. The van der Waals surface area contributed by atoms with E-state index < -0.39 is 18.0 Å². The second-order valence-corrected chi connectivity index (χ2v) is 6.49. The number of hydrogen-bond donors (Lipinski definition) is 3. The van der Waals surface area contributed by atoms with Gasteiger partial charge in [0.2, 0.25) is 0 Å². The Balaban J connectivity index is 1.88. The molecule has 0 saturated carbocycles. The number of phenols is 1. The summed E-state index contributed by atoms with van der Waals surface area (Å²) in [6.07, 6.45) is 4.91. The first-order chi connectivity index (χ1) is 12.0. The maximum absolute atomic E-state index is 12.3. The Labute approximate surface area is 148 Å². The molecule has 1 saturated heterocycles. The van der Waals surface area contributed by atoms with Gasteiger partial charge in [0.1, 0.15) is 5.75 Å². The van der Waals surface area contributed by atoms with Crippen molar-refractivity contribution in [1.82, 2.24) is 15.1 Å². The number of carboxylic acid groups (broad SMARTS) is 1. The van der Waals surface area contributed by atoms with Crippen LogP contribution in [-0.4, -0.2) is 65.2 Å². The van der Waals surface area contributed by atoms with Crippen LogP contribution in [0.4, 0.5) is 4.79 Å². The van der Waals surface area contributed by atoms with E-state index in [-0.39, 0.29) is 5.75 Å². The van der Waals surface area contributed by atoms with Crippen LogP contribution in [0.1, 0.15) is 37.3 Å². The number of rotatable bonds is 6. The quantitative estimate of drug-likeness (QED) is 0.731. The highest BCUT2D eigenvalue weighted by Crippen LogP contribution is 2.17. The predicted molar refractivity (Wildman–Crippen MR) is 94.6 cm³/mol. The molecule has 25 heavy (non-hydrogen) atoms. The lowest BCUT2D eigenvalue weighted by atomic mass is 10.1. The van der Waals surface area contributed by atoms with Crippen LogP contribution in [0.5, 0.6) is 5.75 Å². The molecule has 0 aromatic heterocycles. The van der Waals surface area contributed by atoms with E-state index in [2.05, 4.69) is 10.2 Å². The van der Waals surface area contributed by atoms with Gasteiger partial charge in [-0.15, -0.1) is 0 Å². The van der Waals surface area contributed by atoms with Gasteiger partial charge in [-0.3, -0.25) is 0 Å². The summed E-state index contributed by atoms with van der Waals surface area (Å²) in [6, 6.07) is 4.22. The number of carboxylic acids is 1. The van der Waals surface area contributed by atoms with E-state index in [1.54, 1.807) is 7.05 Å². The van der Waals surface area contributed by atoms with E-state index >= 15 is 0 Å². The molecule has 1 aromatic carbocycles. The third kappa shape index (κ3) is 5.94. The molecule has 0 bridgehead atoms. The average molecular weight is 349 g/mol. The van der Waals surface area contributed by atoms with Gasteiger partial charge in [0.05, 0.1) is 0 Å². The molecule has 138 valence electrons. The van der Waals surface area contributed by atoms with E-state index in [0.717, 1.165) is 19.6 Å². The number of likely N-dealkylation sites (N-methyl/N-ethyl adjacent to an activating group) is 1. The lowest BCUT2D eigenvalue weighted by Crippen LogP contribution is -2.44. The molecule has 0 radical (unpaired) electrons. The number of nitrogens with zero attached hydrogens (tertiary/aromatic N) is 2. The van der Waals surface area contributed by atoms with Crippen molar-refractivity contribution in [3.05, 3.63) is 29.8 Å². The number of aliphatic carboxylic acids is 1. The van der Waals surface area contributed by atoms with Crippen LogP contribution < -0.4 is 5.32 Å². The van der Waals surface area contributed by atoms with Crippen molar-refractivity contribution in [2.75, 3.05) is 33.2 Å². The number of phenolic OH excluding ortho intramolecular Hbond substituents is 1. The number of carbonyl (C=O) groups is 2. The number of hydrogen-bond acceptors (Lipinski definition) is 4. The van der Waals surface area contributed by atoms with E-state index in [1.807, 2.05) is 0 Å². The third-order valence-electron chi connectivity index (χ3n) is 4.54. The summed E-state index contributed by atoms with van der Waals surface area (Å²) >= 11 is 0. The van der Waals surface area contributed by atoms with Crippen LogP contribution in [0.2, 0.25) is 0 Å². The van der Waals surface area contributed by atoms with Crippen molar-refractivity contribution in [3.8, 4) is 5.75 Å². The van der Waals surface area contributed by atoms with Gasteiger partial charge in [0.15, 0.2) is 6.04 Å². The van der Waals surface area contributed by atoms with Crippen LogP contribution in [0.25, 0.3) is 0 Å². The zero-order chi connectivity index (χ0) is 18.2. The molecule has 0 unspecified atom stereocenters. The van der Waals surface area contributed by atoms with Gasteiger partial charge in [0.25, 0.3) is 0 Å². The van der Waals surface area contributed by atoms with Crippen molar-refractivity contribution < 1.29 is 19.8 Å². The zero-order valence-corrected chi connectivity index (χ0v) is 14.6. The van der Waals surface area contributed by atoms with E-state index in [4.69, 9.17) is 0 Å². The summed E-state index contributed by atoms with van der Waals surface area (Å²) in [5.41, 5.74) is 0.416. The minimum Gasteiger partial charge on any atom is -0.508 e. The highest BCUT2D eigenvalue weighted by Gasteiger charge is 2.24. The monoisotopic (exact) mass is 349 g/mol. The number of nitrogens with one attached hydrogen (secondary N) is 1. The Morgan fingerprint density at radius 3 is 2.32 bits per heavy atom. The van der Waals surface area contributed by atoms with Crippen LogP contribution in [0.15, 0.2) is 24.3 Å². The van der Waals surface area contributed by atoms with E-state index in [1.165, 1.54) is 54.8 Å². The van der Waals surface area contributed by atoms with Crippen molar-refractivity contribution >= 4 is 12.0 Å². The standard InChI is InChI=1S/C18H27N3O4/c1-20(12-13-21-10-4-2-3-5-11-21)18(25)19-16(17(23)24)14-6-8-15(22)9-7-14/h6-9,16,22H,2-5,10-13H2,1H3,(H,19,25)(H,23,24)/t16-/m1/s1. The van der Waals surface area contributed by atoms with E-state index in [0.29, 0.717) is 12.1 Å². The van der Waals surface area contributed by atoms with Gasteiger partial charge < -0.3 is 25.3 Å². The molecule has 1 aliphatic rings. The summed E-state index contributed by atoms with van der Waals surface area (Å²) in [5, 5.41) is 21.2. The molecule has 1 aliphatic heterocycles. The second-order valence-electron chi connectivity index (χ2n) is 6.49. The van der Waals surface area contributed by atoms with Crippen LogP contribution in [-0.2, 0) is 4.79 Å². The first kappa shape index (κ1) is 19.1. The fourth-order valence-corrected chi connectivity index (χ4v) is 2.94. The highest BCUT2D eigenvalue weighted by molar-refractivity contribution is 5.83. The zero-order valence-electron chi connectivity index (χ0n) is 14.6. The number of aromatic hydroxyl groups is 1. The Morgan fingerprint density at radius 1 is 1.16 bits per heavy atom.